The summed E-state index contributed by atoms with van der Waals surface area (Å²) >= 11 is 1.35. The minimum absolute atomic E-state index is 0.137. The molecule has 1 aromatic carbocycles. The minimum Gasteiger partial charge on any atom is -0.309 e. The van der Waals surface area contributed by atoms with Gasteiger partial charge in [-0.15, -0.1) is 5.10 Å². The fraction of sp³-hybridized carbons (Fsp3) is 0.385. The normalized spacial score (nSPS) is 12.6. The van der Waals surface area contributed by atoms with Gasteiger partial charge in [0.2, 0.25) is 0 Å². The molecule has 1 N–H and O–H groups in total. The molecule has 0 saturated carbocycles. The summed E-state index contributed by atoms with van der Waals surface area (Å²) in [5, 5.41) is 9.45. The van der Waals surface area contributed by atoms with Crippen LogP contribution in [0.4, 0.5) is 4.39 Å². The molecule has 1 aromatic heterocycles. The van der Waals surface area contributed by atoms with Crippen LogP contribution in [0.25, 0.3) is 0 Å². The Morgan fingerprint density at radius 3 is 2.89 bits per heavy atom. The number of hydrogen-bond donors (Lipinski definition) is 1. The molecule has 18 heavy (non-hydrogen) atoms. The molecule has 1 atom stereocenters. The van der Waals surface area contributed by atoms with Crippen molar-refractivity contribution >= 4 is 11.5 Å². The Balaban J connectivity index is 2.18. The highest BCUT2D eigenvalue weighted by atomic mass is 32.1. The number of likely N-dealkylation sites (N-methyl/N-ethyl adjacent to an activating group) is 1. The smallest absolute Gasteiger partial charge is 0.123 e. The molecule has 0 aliphatic heterocycles. The first-order chi connectivity index (χ1) is 8.70. The van der Waals surface area contributed by atoms with Crippen molar-refractivity contribution in [2.45, 2.75) is 26.3 Å². The van der Waals surface area contributed by atoms with Crippen LogP contribution in [0.15, 0.2) is 23.6 Å². The number of aryl methyl sites for hydroxylation is 1. The Hall–Kier alpha value is -1.33. The third-order valence-electron chi connectivity index (χ3n) is 2.91. The molecule has 0 aliphatic carbocycles. The maximum atomic E-state index is 13.1. The van der Waals surface area contributed by atoms with E-state index in [0.29, 0.717) is 0 Å². The van der Waals surface area contributed by atoms with Gasteiger partial charge in [-0.2, -0.15) is 0 Å². The molecular weight excluding hydrogens is 249 g/mol. The zero-order valence-corrected chi connectivity index (χ0v) is 11.3. The predicted molar refractivity (Wildman–Crippen MR) is 71.2 cm³/mol. The first-order valence-electron chi connectivity index (χ1n) is 5.96. The number of hydrogen-bond acceptors (Lipinski definition) is 4. The average Bonchev–Trinajstić information content (AvgIpc) is 2.85. The summed E-state index contributed by atoms with van der Waals surface area (Å²) in [4.78, 5) is 0. The summed E-state index contributed by atoms with van der Waals surface area (Å²) in [6.07, 6.45) is 0.797. The van der Waals surface area contributed by atoms with Gasteiger partial charge >= 0.3 is 0 Å². The van der Waals surface area contributed by atoms with E-state index in [1.54, 1.807) is 6.07 Å². The van der Waals surface area contributed by atoms with Gasteiger partial charge in [0.15, 0.2) is 0 Å². The Bertz CT molecular complexity index is 499. The van der Waals surface area contributed by atoms with Crippen molar-refractivity contribution in [2.24, 2.45) is 0 Å². The van der Waals surface area contributed by atoms with Crippen LogP contribution >= 0.6 is 11.5 Å². The fourth-order valence-electron chi connectivity index (χ4n) is 1.96. The Morgan fingerprint density at radius 1 is 1.44 bits per heavy atom. The topological polar surface area (TPSA) is 37.8 Å². The molecule has 96 valence electrons. The second-order valence-corrected chi connectivity index (χ2v) is 4.82. The van der Waals surface area contributed by atoms with Crippen molar-refractivity contribution in [3.8, 4) is 0 Å². The van der Waals surface area contributed by atoms with Crippen molar-refractivity contribution in [3.05, 3.63) is 46.2 Å². The van der Waals surface area contributed by atoms with Crippen LogP contribution in [0.5, 0.6) is 0 Å². The van der Waals surface area contributed by atoms with Crippen LogP contribution in [0.1, 0.15) is 29.8 Å². The highest BCUT2D eigenvalue weighted by molar-refractivity contribution is 7.03. The first-order valence-corrected chi connectivity index (χ1v) is 6.79. The van der Waals surface area contributed by atoms with Gasteiger partial charge < -0.3 is 5.32 Å². The van der Waals surface area contributed by atoms with Gasteiger partial charge in [0.1, 0.15) is 5.82 Å². The summed E-state index contributed by atoms with van der Waals surface area (Å²) in [6.45, 7) is 4.85. The van der Waals surface area contributed by atoms with E-state index in [9.17, 15) is 4.39 Å². The Kier molecular flexibility index (Phi) is 4.38. The minimum atomic E-state index is -0.188. The Labute approximate surface area is 110 Å². The first kappa shape index (κ1) is 13.1. The van der Waals surface area contributed by atoms with Crippen LogP contribution in [0.3, 0.4) is 0 Å². The lowest BCUT2D eigenvalue weighted by molar-refractivity contribution is 0.533. The van der Waals surface area contributed by atoms with E-state index in [0.717, 1.165) is 29.8 Å². The van der Waals surface area contributed by atoms with Gasteiger partial charge in [-0.1, -0.05) is 17.5 Å². The van der Waals surface area contributed by atoms with Gasteiger partial charge in [-0.25, -0.2) is 4.39 Å². The van der Waals surface area contributed by atoms with Gasteiger partial charge in [0, 0.05) is 5.38 Å². The van der Waals surface area contributed by atoms with Crippen LogP contribution in [0.2, 0.25) is 0 Å². The third kappa shape index (κ3) is 3.11. The molecular formula is C13H16FN3S. The summed E-state index contributed by atoms with van der Waals surface area (Å²) < 4.78 is 17.0. The number of benzene rings is 1. The number of halogens is 1. The average molecular weight is 265 g/mol. The van der Waals surface area contributed by atoms with Crippen LogP contribution in [-0.4, -0.2) is 16.1 Å². The molecule has 0 fully saturated rings. The molecule has 3 nitrogen and oxygen atoms in total. The van der Waals surface area contributed by atoms with E-state index in [-0.39, 0.29) is 11.9 Å². The SMILES string of the molecule is CCNC(Cc1ccc(F)cc1C)c1csnn1. The van der Waals surface area contributed by atoms with Gasteiger partial charge in [-0.05, 0) is 54.7 Å². The van der Waals surface area contributed by atoms with E-state index < -0.39 is 0 Å². The molecule has 2 rings (SSSR count). The van der Waals surface area contributed by atoms with E-state index in [4.69, 9.17) is 0 Å². The number of aromatic nitrogens is 2. The molecule has 0 spiro atoms. The van der Waals surface area contributed by atoms with Crippen molar-refractivity contribution in [2.75, 3.05) is 6.54 Å². The van der Waals surface area contributed by atoms with E-state index in [2.05, 4.69) is 21.8 Å². The maximum absolute atomic E-state index is 13.1. The van der Waals surface area contributed by atoms with Gasteiger partial charge in [-0.3, -0.25) is 0 Å². The standard InChI is InChI=1S/C13H16FN3S/c1-3-15-12(13-8-18-17-16-13)7-10-4-5-11(14)6-9(10)2/h4-6,8,12,15H,3,7H2,1-2H3. The van der Waals surface area contributed by atoms with Gasteiger partial charge in [0.25, 0.3) is 0 Å². The third-order valence-corrected chi connectivity index (χ3v) is 3.44. The number of nitrogens with one attached hydrogen (secondary N) is 1. The molecule has 0 radical (unpaired) electrons. The van der Waals surface area contributed by atoms with Gasteiger partial charge in [0.05, 0.1) is 11.7 Å². The zero-order chi connectivity index (χ0) is 13.0. The lowest BCUT2D eigenvalue weighted by atomic mass is 9.99. The molecule has 0 bridgehead atoms. The molecule has 5 heteroatoms. The predicted octanol–water partition coefficient (Wildman–Crippen LogP) is 2.88. The van der Waals surface area contributed by atoms with E-state index >= 15 is 0 Å². The second-order valence-electron chi connectivity index (χ2n) is 4.21. The molecule has 0 saturated heterocycles. The second kappa shape index (κ2) is 6.02. The molecule has 0 aliphatic rings. The summed E-state index contributed by atoms with van der Waals surface area (Å²) in [7, 11) is 0. The quantitative estimate of drug-likeness (QED) is 0.903. The monoisotopic (exact) mass is 265 g/mol. The van der Waals surface area contributed by atoms with Crippen molar-refractivity contribution < 1.29 is 4.39 Å². The van der Waals surface area contributed by atoms with Crippen molar-refractivity contribution in [1.82, 2.24) is 14.9 Å². The summed E-state index contributed by atoms with van der Waals surface area (Å²) in [5.74, 6) is -0.188. The Morgan fingerprint density at radius 2 is 2.28 bits per heavy atom. The highest BCUT2D eigenvalue weighted by Crippen LogP contribution is 2.20. The summed E-state index contributed by atoms with van der Waals surface area (Å²) in [6, 6.07) is 5.05. The molecule has 0 amide bonds. The molecule has 2 aromatic rings. The van der Waals surface area contributed by atoms with Crippen LogP contribution in [0, 0.1) is 12.7 Å². The highest BCUT2D eigenvalue weighted by Gasteiger charge is 2.15. The zero-order valence-electron chi connectivity index (χ0n) is 10.5. The van der Waals surface area contributed by atoms with Crippen molar-refractivity contribution in [1.29, 1.82) is 0 Å². The maximum Gasteiger partial charge on any atom is 0.123 e. The van der Waals surface area contributed by atoms with Crippen LogP contribution < -0.4 is 5.32 Å². The largest absolute Gasteiger partial charge is 0.309 e. The number of rotatable bonds is 5. The fourth-order valence-corrected chi connectivity index (χ4v) is 2.47. The van der Waals surface area contributed by atoms with Crippen LogP contribution in [-0.2, 0) is 6.42 Å². The molecule has 1 unspecified atom stereocenters. The summed E-state index contributed by atoms with van der Waals surface area (Å²) in [5.41, 5.74) is 3.06. The van der Waals surface area contributed by atoms with E-state index in [1.165, 1.54) is 17.6 Å². The number of nitrogens with zero attached hydrogens (tertiary/aromatic N) is 2. The lowest BCUT2D eigenvalue weighted by Gasteiger charge is -2.16. The lowest BCUT2D eigenvalue weighted by Crippen LogP contribution is -2.23. The molecule has 1 heterocycles. The van der Waals surface area contributed by atoms with Crippen molar-refractivity contribution in [3.63, 3.8) is 0 Å². The van der Waals surface area contributed by atoms with E-state index in [1.807, 2.05) is 18.4 Å².